The molecule has 0 aliphatic rings. The van der Waals surface area contributed by atoms with Crippen molar-refractivity contribution in [1.29, 1.82) is 0 Å². The lowest BCUT2D eigenvalue weighted by atomic mass is 10.6. The molecule has 0 aliphatic heterocycles. The molecule has 1 aromatic heterocycles. The molecule has 5 nitrogen and oxygen atoms in total. The highest BCUT2D eigenvalue weighted by molar-refractivity contribution is 7.98. The summed E-state index contributed by atoms with van der Waals surface area (Å²) in [5, 5.41) is 4.61. The quantitative estimate of drug-likeness (QED) is 0.552. The molecule has 7 heteroatoms. The van der Waals surface area contributed by atoms with Crippen molar-refractivity contribution in [3.8, 4) is 0 Å². The third-order valence-electron chi connectivity index (χ3n) is 1.49. The van der Waals surface area contributed by atoms with Crippen LogP contribution in [0.5, 0.6) is 0 Å². The monoisotopic (exact) mass is 219 g/mol. The van der Waals surface area contributed by atoms with Crippen LogP contribution in [0.25, 0.3) is 0 Å². The van der Waals surface area contributed by atoms with Crippen LogP contribution in [0.15, 0.2) is 9.59 Å². The van der Waals surface area contributed by atoms with Crippen molar-refractivity contribution in [3.05, 3.63) is 25.5 Å². The Balaban J connectivity index is 3.19. The molecular formula is C6H9N3O2S2. The third kappa shape index (κ3) is 2.31. The number of thioether (sulfide) groups is 1. The van der Waals surface area contributed by atoms with E-state index in [0.717, 1.165) is 5.75 Å². The number of hydrogen-bond donors (Lipinski definition) is 2. The SMILES string of the molecule is CSCCn1c(=S)[nH][nH]c(=O)c1=O. The number of aromatic nitrogens is 3. The lowest BCUT2D eigenvalue weighted by Gasteiger charge is -2.01. The van der Waals surface area contributed by atoms with Gasteiger partial charge in [-0.15, -0.1) is 0 Å². The molecule has 0 unspecified atom stereocenters. The van der Waals surface area contributed by atoms with Crippen LogP contribution in [0, 0.1) is 4.77 Å². The molecule has 2 N–H and O–H groups in total. The van der Waals surface area contributed by atoms with E-state index in [-0.39, 0.29) is 4.77 Å². The van der Waals surface area contributed by atoms with E-state index >= 15 is 0 Å². The van der Waals surface area contributed by atoms with E-state index in [1.807, 2.05) is 6.26 Å². The molecular weight excluding hydrogens is 210 g/mol. The fourth-order valence-electron chi connectivity index (χ4n) is 0.832. The average Bonchev–Trinajstić information content (AvgIpc) is 2.12. The van der Waals surface area contributed by atoms with Crippen LogP contribution in [-0.2, 0) is 6.54 Å². The van der Waals surface area contributed by atoms with Gasteiger partial charge in [0.25, 0.3) is 0 Å². The summed E-state index contributed by atoms with van der Waals surface area (Å²) >= 11 is 6.43. The van der Waals surface area contributed by atoms with Gasteiger partial charge < -0.3 is 0 Å². The highest BCUT2D eigenvalue weighted by atomic mass is 32.2. The Morgan fingerprint density at radius 3 is 2.77 bits per heavy atom. The Hall–Kier alpha value is -0.820. The Morgan fingerprint density at radius 2 is 2.15 bits per heavy atom. The van der Waals surface area contributed by atoms with Gasteiger partial charge in [-0.25, -0.2) is 0 Å². The van der Waals surface area contributed by atoms with Gasteiger partial charge in [0.15, 0.2) is 4.77 Å². The van der Waals surface area contributed by atoms with E-state index in [1.165, 1.54) is 4.57 Å². The van der Waals surface area contributed by atoms with Crippen LogP contribution in [0.2, 0.25) is 0 Å². The largest absolute Gasteiger partial charge is 0.328 e. The molecule has 0 saturated heterocycles. The number of aromatic amines is 2. The predicted octanol–water partition coefficient (Wildman–Crippen LogP) is -0.0428. The van der Waals surface area contributed by atoms with Gasteiger partial charge in [-0.1, -0.05) is 0 Å². The first kappa shape index (κ1) is 10.3. The van der Waals surface area contributed by atoms with Gasteiger partial charge in [-0.05, 0) is 18.5 Å². The molecule has 1 heterocycles. The molecule has 0 radical (unpaired) electrons. The normalized spacial score (nSPS) is 10.2. The predicted molar refractivity (Wildman–Crippen MR) is 54.9 cm³/mol. The summed E-state index contributed by atoms with van der Waals surface area (Å²) in [5.41, 5.74) is -1.27. The molecule has 0 bridgehead atoms. The average molecular weight is 219 g/mol. The van der Waals surface area contributed by atoms with Gasteiger partial charge in [-0.2, -0.15) is 11.8 Å². The summed E-state index contributed by atoms with van der Waals surface area (Å²) in [7, 11) is 0. The smallest absolute Gasteiger partial charge is 0.279 e. The van der Waals surface area contributed by atoms with Crippen LogP contribution in [-0.4, -0.2) is 26.8 Å². The number of rotatable bonds is 3. The highest BCUT2D eigenvalue weighted by Crippen LogP contribution is 1.92. The molecule has 0 aromatic carbocycles. The summed E-state index contributed by atoms with van der Waals surface area (Å²) < 4.78 is 1.50. The second-order valence-electron chi connectivity index (χ2n) is 2.33. The molecule has 0 atom stereocenters. The van der Waals surface area contributed by atoms with Crippen molar-refractivity contribution in [1.82, 2.24) is 14.8 Å². The number of nitrogens with one attached hydrogen (secondary N) is 2. The van der Waals surface area contributed by atoms with Gasteiger partial charge in [0.1, 0.15) is 0 Å². The van der Waals surface area contributed by atoms with Crippen LogP contribution in [0.1, 0.15) is 0 Å². The van der Waals surface area contributed by atoms with E-state index in [4.69, 9.17) is 12.2 Å². The van der Waals surface area contributed by atoms with Crippen LogP contribution >= 0.6 is 24.0 Å². The second-order valence-corrected chi connectivity index (χ2v) is 3.71. The fourth-order valence-corrected chi connectivity index (χ4v) is 1.42. The molecule has 72 valence electrons. The standard InChI is InChI=1S/C6H9N3O2S2/c1-13-3-2-9-5(11)4(10)7-8-6(9)12/h2-3H2,1H3,(H,7,10)(H,8,12). The minimum absolute atomic E-state index is 0.249. The van der Waals surface area contributed by atoms with Crippen molar-refractivity contribution in [2.45, 2.75) is 6.54 Å². The zero-order valence-electron chi connectivity index (χ0n) is 6.99. The number of hydrogen-bond acceptors (Lipinski definition) is 4. The Labute approximate surface area is 83.2 Å². The summed E-state index contributed by atoms with van der Waals surface area (Å²) in [4.78, 5) is 22.1. The molecule has 0 amide bonds. The number of H-pyrrole nitrogens is 2. The summed E-state index contributed by atoms with van der Waals surface area (Å²) in [6.07, 6.45) is 1.92. The molecule has 13 heavy (non-hydrogen) atoms. The maximum atomic E-state index is 11.2. The molecule has 1 aromatic rings. The van der Waals surface area contributed by atoms with Gasteiger partial charge >= 0.3 is 11.1 Å². The molecule has 0 saturated carbocycles. The van der Waals surface area contributed by atoms with Gasteiger partial charge in [-0.3, -0.25) is 24.4 Å². The van der Waals surface area contributed by atoms with E-state index < -0.39 is 11.1 Å². The third-order valence-corrected chi connectivity index (χ3v) is 2.40. The van der Waals surface area contributed by atoms with E-state index in [9.17, 15) is 9.59 Å². The number of nitrogens with zero attached hydrogens (tertiary/aromatic N) is 1. The molecule has 0 spiro atoms. The summed E-state index contributed by atoms with van der Waals surface area (Å²) in [6, 6.07) is 0. The summed E-state index contributed by atoms with van der Waals surface area (Å²) in [6.45, 7) is 0.458. The lowest BCUT2D eigenvalue weighted by molar-refractivity contribution is 0.661. The fraction of sp³-hybridized carbons (Fsp3) is 0.500. The van der Waals surface area contributed by atoms with Crippen molar-refractivity contribution < 1.29 is 0 Å². The van der Waals surface area contributed by atoms with Crippen LogP contribution in [0.3, 0.4) is 0 Å². The second kappa shape index (κ2) is 4.43. The van der Waals surface area contributed by atoms with Gasteiger partial charge in [0.05, 0.1) is 0 Å². The Bertz CT molecular complexity index is 444. The maximum Gasteiger partial charge on any atom is 0.328 e. The van der Waals surface area contributed by atoms with E-state index in [2.05, 4.69) is 10.2 Å². The Kier molecular flexibility index (Phi) is 3.49. The van der Waals surface area contributed by atoms with Crippen molar-refractivity contribution in [3.63, 3.8) is 0 Å². The van der Waals surface area contributed by atoms with Crippen molar-refractivity contribution in [2.75, 3.05) is 12.0 Å². The Morgan fingerprint density at radius 1 is 1.46 bits per heavy atom. The molecule has 0 aliphatic carbocycles. The first-order valence-corrected chi connectivity index (χ1v) is 5.37. The van der Waals surface area contributed by atoms with Crippen LogP contribution in [0.4, 0.5) is 0 Å². The maximum absolute atomic E-state index is 11.2. The first-order valence-electron chi connectivity index (χ1n) is 3.57. The van der Waals surface area contributed by atoms with E-state index in [0.29, 0.717) is 6.54 Å². The lowest BCUT2D eigenvalue weighted by Crippen LogP contribution is -2.38. The van der Waals surface area contributed by atoms with Crippen LogP contribution < -0.4 is 11.1 Å². The molecule has 0 fully saturated rings. The zero-order valence-corrected chi connectivity index (χ0v) is 8.63. The summed E-state index contributed by atoms with van der Waals surface area (Å²) in [5.74, 6) is 0.751. The van der Waals surface area contributed by atoms with Crippen molar-refractivity contribution >= 4 is 24.0 Å². The minimum atomic E-state index is -0.672. The molecule has 1 rings (SSSR count). The van der Waals surface area contributed by atoms with E-state index in [1.54, 1.807) is 11.8 Å². The van der Waals surface area contributed by atoms with Gasteiger partial charge in [0, 0.05) is 12.3 Å². The topological polar surface area (TPSA) is 70.7 Å². The van der Waals surface area contributed by atoms with Crippen molar-refractivity contribution in [2.24, 2.45) is 0 Å². The minimum Gasteiger partial charge on any atom is -0.279 e. The zero-order chi connectivity index (χ0) is 9.84. The first-order chi connectivity index (χ1) is 6.16. The van der Waals surface area contributed by atoms with Gasteiger partial charge in [0.2, 0.25) is 0 Å². The highest BCUT2D eigenvalue weighted by Gasteiger charge is 2.00.